The zero-order chi connectivity index (χ0) is 27.1. The molecule has 1 aromatic carbocycles. The summed E-state index contributed by atoms with van der Waals surface area (Å²) in [4.78, 5) is 25.4. The SMILES string of the molecule is [2H]C([2H])([2H])N1CCN(c2cc(C(=O)Cc3cc4cc(-c5cnn(C([2H])([2H])[2H])c5)ccc4cn3)ccn2)CC1. The minimum absolute atomic E-state index is 0.100. The smallest absolute Gasteiger partial charge is 0.169 e. The third-order valence-corrected chi connectivity index (χ3v) is 5.71. The standard InChI is InChI=1S/C25H26N6O/c1-29-7-9-31(10-8-29)25-13-19(5-6-26-25)24(32)14-23-12-21-11-18(3-4-20(21)15-27-23)22-16-28-30(2)17-22/h3-6,11-13,15-17H,7-10,14H2,1-2H3/i1D3,2D3. The Hall–Kier alpha value is -3.58. The van der Waals surface area contributed by atoms with Crippen molar-refractivity contribution in [2.75, 3.05) is 38.1 Å². The molecule has 0 atom stereocenters. The fraction of sp³-hybridized carbons (Fsp3) is 0.280. The van der Waals surface area contributed by atoms with Gasteiger partial charge in [-0.05, 0) is 42.2 Å². The molecule has 1 aliphatic rings. The number of ketones is 1. The zero-order valence-electron chi connectivity index (χ0n) is 23.4. The monoisotopic (exact) mass is 432 g/mol. The average Bonchev–Trinajstić information content (AvgIpc) is 3.39. The lowest BCUT2D eigenvalue weighted by Gasteiger charge is -2.33. The number of likely N-dealkylation sites (N-methyl/N-ethyl adjacent to an activating group) is 1. The van der Waals surface area contributed by atoms with Gasteiger partial charge in [-0.3, -0.25) is 14.5 Å². The fourth-order valence-electron chi connectivity index (χ4n) is 3.90. The Bertz CT molecular complexity index is 1470. The van der Waals surface area contributed by atoms with Gasteiger partial charge in [-0.1, -0.05) is 12.1 Å². The third-order valence-electron chi connectivity index (χ3n) is 5.71. The number of hydrogen-bond acceptors (Lipinski definition) is 6. The van der Waals surface area contributed by atoms with E-state index in [0.29, 0.717) is 48.8 Å². The summed E-state index contributed by atoms with van der Waals surface area (Å²) < 4.78 is 46.2. The summed E-state index contributed by atoms with van der Waals surface area (Å²) >= 11 is 0. The van der Waals surface area contributed by atoms with Gasteiger partial charge in [0.25, 0.3) is 0 Å². The summed E-state index contributed by atoms with van der Waals surface area (Å²) in [6, 6.07) is 11.0. The first kappa shape index (κ1) is 14.5. The molecule has 32 heavy (non-hydrogen) atoms. The molecular weight excluding hydrogens is 400 g/mol. The number of anilines is 1. The number of hydrogen-bond donors (Lipinski definition) is 0. The van der Waals surface area contributed by atoms with Gasteiger partial charge >= 0.3 is 0 Å². The van der Waals surface area contributed by atoms with E-state index < -0.39 is 14.0 Å². The number of rotatable bonds is 5. The molecule has 4 aromatic rings. The first-order chi connectivity index (χ1) is 18.0. The van der Waals surface area contributed by atoms with Crippen molar-refractivity contribution in [1.29, 1.82) is 0 Å². The van der Waals surface area contributed by atoms with Gasteiger partial charge in [0.15, 0.2) is 5.78 Å². The Kier molecular flexibility index (Phi) is 3.85. The predicted molar refractivity (Wildman–Crippen MR) is 126 cm³/mol. The number of aryl methyl sites for hydroxylation is 1. The van der Waals surface area contributed by atoms with Gasteiger partial charge in [-0.15, -0.1) is 0 Å². The van der Waals surface area contributed by atoms with Gasteiger partial charge < -0.3 is 9.80 Å². The second-order valence-electron chi connectivity index (χ2n) is 7.89. The minimum atomic E-state index is -2.34. The Morgan fingerprint density at radius 3 is 2.69 bits per heavy atom. The summed E-state index contributed by atoms with van der Waals surface area (Å²) in [5.41, 5.74) is 2.62. The van der Waals surface area contributed by atoms with Crippen molar-refractivity contribution < 1.29 is 13.0 Å². The molecule has 1 aliphatic heterocycles. The molecule has 0 radical (unpaired) electrons. The van der Waals surface area contributed by atoms with E-state index in [1.54, 1.807) is 24.5 Å². The molecule has 0 amide bonds. The lowest BCUT2D eigenvalue weighted by atomic mass is 10.0. The molecule has 0 N–H and O–H groups in total. The lowest BCUT2D eigenvalue weighted by molar-refractivity contribution is 0.0992. The Labute approximate surface area is 195 Å². The van der Waals surface area contributed by atoms with Crippen LogP contribution in [0, 0.1) is 0 Å². The van der Waals surface area contributed by atoms with E-state index in [-0.39, 0.29) is 12.2 Å². The Morgan fingerprint density at radius 2 is 1.88 bits per heavy atom. The topological polar surface area (TPSA) is 67.2 Å². The van der Waals surface area contributed by atoms with Crippen LogP contribution in [0.25, 0.3) is 21.9 Å². The number of benzene rings is 1. The number of fused-ring (bicyclic) bond motifs is 1. The summed E-state index contributed by atoms with van der Waals surface area (Å²) in [7, 11) is 0. The second-order valence-corrected chi connectivity index (χ2v) is 7.89. The highest BCUT2D eigenvalue weighted by molar-refractivity contribution is 5.98. The quantitative estimate of drug-likeness (QED) is 0.451. The van der Waals surface area contributed by atoms with Crippen molar-refractivity contribution in [2.24, 2.45) is 6.98 Å². The van der Waals surface area contributed by atoms with Crippen LogP contribution in [0.15, 0.2) is 61.2 Å². The van der Waals surface area contributed by atoms with Crippen molar-refractivity contribution in [1.82, 2.24) is 24.6 Å². The van der Waals surface area contributed by atoms with Crippen LogP contribution in [0.4, 0.5) is 5.82 Å². The maximum Gasteiger partial charge on any atom is 0.169 e. The maximum absolute atomic E-state index is 13.1. The Balaban J connectivity index is 1.31. The van der Waals surface area contributed by atoms with E-state index in [2.05, 4.69) is 15.1 Å². The second kappa shape index (κ2) is 8.51. The number of carbonyl (C=O) groups is 1. The fourth-order valence-corrected chi connectivity index (χ4v) is 3.90. The van der Waals surface area contributed by atoms with Gasteiger partial charge in [0.1, 0.15) is 5.82 Å². The van der Waals surface area contributed by atoms with Gasteiger partial charge in [-0.2, -0.15) is 5.10 Å². The van der Waals surface area contributed by atoms with Crippen LogP contribution >= 0.6 is 0 Å². The molecule has 0 bridgehead atoms. The van der Waals surface area contributed by atoms with Crippen molar-refractivity contribution in [3.63, 3.8) is 0 Å². The highest BCUT2D eigenvalue weighted by atomic mass is 16.1. The summed E-state index contributed by atoms with van der Waals surface area (Å²) in [5, 5.41) is 5.73. The largest absolute Gasteiger partial charge is 0.354 e. The van der Waals surface area contributed by atoms with E-state index in [1.807, 2.05) is 29.2 Å². The number of piperazine rings is 1. The van der Waals surface area contributed by atoms with Crippen molar-refractivity contribution in [3.05, 3.63) is 72.4 Å². The van der Waals surface area contributed by atoms with E-state index in [0.717, 1.165) is 21.0 Å². The average molecular weight is 433 g/mol. The number of pyridine rings is 2. The highest BCUT2D eigenvalue weighted by Crippen LogP contribution is 2.24. The van der Waals surface area contributed by atoms with Crippen LogP contribution in [0.5, 0.6) is 0 Å². The van der Waals surface area contributed by atoms with Gasteiger partial charge in [0.2, 0.25) is 0 Å². The summed E-state index contributed by atoms with van der Waals surface area (Å²) in [6.45, 7) is -2.62. The molecule has 0 aliphatic carbocycles. The molecule has 7 nitrogen and oxygen atoms in total. The predicted octanol–water partition coefficient (Wildman–Crippen LogP) is 3.21. The van der Waals surface area contributed by atoms with Crippen LogP contribution in [0.3, 0.4) is 0 Å². The zero-order valence-corrected chi connectivity index (χ0v) is 17.4. The van der Waals surface area contributed by atoms with E-state index >= 15 is 0 Å². The van der Waals surface area contributed by atoms with Crippen LogP contribution in [-0.4, -0.2) is 63.6 Å². The minimum Gasteiger partial charge on any atom is -0.354 e. The van der Waals surface area contributed by atoms with Crippen LogP contribution in [0.2, 0.25) is 0 Å². The number of carbonyl (C=O) groups excluding carboxylic acids is 1. The number of Topliss-reactive ketones (excluding diaryl/α,β-unsaturated/α-hetero) is 1. The Morgan fingerprint density at radius 1 is 0.969 bits per heavy atom. The molecule has 0 saturated carbocycles. The highest BCUT2D eigenvalue weighted by Gasteiger charge is 2.17. The molecular formula is C25H26N6O. The molecule has 0 unspecified atom stereocenters. The number of nitrogens with zero attached hydrogens (tertiary/aromatic N) is 6. The molecule has 162 valence electrons. The molecule has 0 spiro atoms. The van der Waals surface area contributed by atoms with Crippen LogP contribution in [-0.2, 0) is 13.4 Å². The van der Waals surface area contributed by atoms with Crippen LogP contribution in [0.1, 0.15) is 24.3 Å². The third kappa shape index (κ3) is 4.24. The van der Waals surface area contributed by atoms with Crippen molar-refractivity contribution in [2.45, 2.75) is 6.42 Å². The molecule has 3 aromatic heterocycles. The van der Waals surface area contributed by atoms with Crippen LogP contribution < -0.4 is 4.90 Å². The van der Waals surface area contributed by atoms with E-state index in [4.69, 9.17) is 8.22 Å². The summed E-state index contributed by atoms with van der Waals surface area (Å²) in [5.74, 6) is 0.548. The van der Waals surface area contributed by atoms with Gasteiger partial charge in [0.05, 0.1) is 12.6 Å². The molecule has 4 heterocycles. The first-order valence-corrected chi connectivity index (χ1v) is 10.4. The van der Waals surface area contributed by atoms with Gasteiger partial charge in [0, 0.05) is 82.2 Å². The van der Waals surface area contributed by atoms with Crippen molar-refractivity contribution >= 4 is 22.4 Å². The van der Waals surface area contributed by atoms with Gasteiger partial charge in [-0.25, -0.2) is 4.98 Å². The molecule has 5 rings (SSSR count). The van der Waals surface area contributed by atoms with Crippen molar-refractivity contribution in [3.8, 4) is 11.1 Å². The molecule has 7 heteroatoms. The summed E-state index contributed by atoms with van der Waals surface area (Å²) in [6.07, 6.45) is 6.43. The number of aromatic nitrogens is 4. The normalized spacial score (nSPS) is 18.3. The van der Waals surface area contributed by atoms with E-state index in [1.165, 1.54) is 17.3 Å². The maximum atomic E-state index is 13.1. The first-order valence-electron chi connectivity index (χ1n) is 13.4. The lowest BCUT2D eigenvalue weighted by Crippen LogP contribution is -2.44. The van der Waals surface area contributed by atoms with E-state index in [9.17, 15) is 4.79 Å². The molecule has 1 saturated heterocycles. The molecule has 1 fully saturated rings.